The van der Waals surface area contributed by atoms with E-state index in [0.717, 1.165) is 6.08 Å². The van der Waals surface area contributed by atoms with Gasteiger partial charge in [0.1, 0.15) is 11.6 Å². The molecule has 0 fully saturated rings. The van der Waals surface area contributed by atoms with E-state index in [0.29, 0.717) is 11.3 Å². The summed E-state index contributed by atoms with van der Waals surface area (Å²) in [6, 6.07) is 4.40. The predicted molar refractivity (Wildman–Crippen MR) is 52.7 cm³/mol. The molecule has 2 rings (SSSR count). The maximum absolute atomic E-state index is 13.2. The topological polar surface area (TPSA) is 20.3 Å². The molecule has 0 saturated heterocycles. The zero-order chi connectivity index (χ0) is 11.0. The standard InChI is InChI=1S/C11H9F2NO/c1-7-2-3-9(5-10(7)13)14-6-8(12)4-11(14)15/h2-5H,6H2,1H3. The first-order valence-electron chi connectivity index (χ1n) is 4.51. The van der Waals surface area contributed by atoms with Crippen molar-refractivity contribution in [3.63, 3.8) is 0 Å². The van der Waals surface area contributed by atoms with Crippen LogP contribution in [0.2, 0.25) is 0 Å². The molecule has 0 unspecified atom stereocenters. The van der Waals surface area contributed by atoms with E-state index >= 15 is 0 Å². The zero-order valence-corrected chi connectivity index (χ0v) is 8.13. The van der Waals surface area contributed by atoms with Crippen molar-refractivity contribution in [3.8, 4) is 0 Å². The van der Waals surface area contributed by atoms with Gasteiger partial charge in [-0.15, -0.1) is 0 Å². The summed E-state index contributed by atoms with van der Waals surface area (Å²) in [4.78, 5) is 12.5. The van der Waals surface area contributed by atoms with Crippen molar-refractivity contribution < 1.29 is 13.6 Å². The second kappa shape index (κ2) is 3.46. The fraction of sp³-hybridized carbons (Fsp3) is 0.182. The molecule has 2 nitrogen and oxygen atoms in total. The summed E-state index contributed by atoms with van der Waals surface area (Å²) in [5.74, 6) is -1.34. The highest BCUT2D eigenvalue weighted by Crippen LogP contribution is 2.23. The van der Waals surface area contributed by atoms with Gasteiger partial charge in [0, 0.05) is 11.8 Å². The second-order valence-corrected chi connectivity index (χ2v) is 3.45. The summed E-state index contributed by atoms with van der Waals surface area (Å²) in [7, 11) is 0. The summed E-state index contributed by atoms with van der Waals surface area (Å²) in [6.45, 7) is 1.52. The van der Waals surface area contributed by atoms with Crippen molar-refractivity contribution in [1.29, 1.82) is 0 Å². The van der Waals surface area contributed by atoms with Crippen LogP contribution in [-0.4, -0.2) is 12.5 Å². The Hall–Kier alpha value is -1.71. The number of carbonyl (C=O) groups excluding carboxylic acids is 1. The van der Waals surface area contributed by atoms with E-state index in [2.05, 4.69) is 0 Å². The minimum Gasteiger partial charge on any atom is -0.302 e. The molecular weight excluding hydrogens is 200 g/mol. The highest BCUT2D eigenvalue weighted by Gasteiger charge is 2.23. The number of halogens is 2. The number of benzene rings is 1. The van der Waals surface area contributed by atoms with Crippen molar-refractivity contribution in [2.75, 3.05) is 11.4 Å². The predicted octanol–water partition coefficient (Wildman–Crippen LogP) is 2.33. The van der Waals surface area contributed by atoms with Gasteiger partial charge in [-0.1, -0.05) is 6.07 Å². The SMILES string of the molecule is Cc1ccc(N2CC(F)=CC2=O)cc1F. The third kappa shape index (κ3) is 1.75. The van der Waals surface area contributed by atoms with Crippen LogP contribution in [0.3, 0.4) is 0 Å². The summed E-state index contributed by atoms with van der Waals surface area (Å²) >= 11 is 0. The van der Waals surface area contributed by atoms with Gasteiger partial charge >= 0.3 is 0 Å². The Bertz CT molecular complexity index is 454. The maximum atomic E-state index is 13.2. The Balaban J connectivity index is 2.32. The lowest BCUT2D eigenvalue weighted by atomic mass is 10.2. The lowest BCUT2D eigenvalue weighted by Gasteiger charge is -2.15. The van der Waals surface area contributed by atoms with Gasteiger partial charge in [-0.2, -0.15) is 0 Å². The smallest absolute Gasteiger partial charge is 0.254 e. The third-order valence-electron chi connectivity index (χ3n) is 2.32. The number of nitrogens with zero attached hydrogens (tertiary/aromatic N) is 1. The van der Waals surface area contributed by atoms with Gasteiger partial charge in [-0.3, -0.25) is 4.79 Å². The molecule has 0 bridgehead atoms. The van der Waals surface area contributed by atoms with Gasteiger partial charge in [-0.05, 0) is 24.6 Å². The number of hydrogen-bond acceptors (Lipinski definition) is 1. The van der Waals surface area contributed by atoms with Gasteiger partial charge in [0.25, 0.3) is 5.91 Å². The second-order valence-electron chi connectivity index (χ2n) is 3.45. The molecule has 0 N–H and O–H groups in total. The number of hydrogen-bond donors (Lipinski definition) is 0. The van der Waals surface area contributed by atoms with E-state index in [1.165, 1.54) is 11.0 Å². The summed E-state index contributed by atoms with van der Waals surface area (Å²) in [5, 5.41) is 0. The molecule has 1 heterocycles. The third-order valence-corrected chi connectivity index (χ3v) is 2.32. The monoisotopic (exact) mass is 209 g/mol. The Morgan fingerprint density at radius 3 is 2.60 bits per heavy atom. The van der Waals surface area contributed by atoms with Crippen LogP contribution in [-0.2, 0) is 4.79 Å². The van der Waals surface area contributed by atoms with Crippen LogP contribution in [0.25, 0.3) is 0 Å². The molecule has 1 aromatic carbocycles. The summed E-state index contributed by atoms with van der Waals surface area (Å²) in [5.41, 5.74) is 0.880. The Kier molecular flexibility index (Phi) is 2.26. The first-order valence-corrected chi connectivity index (χ1v) is 4.51. The van der Waals surface area contributed by atoms with E-state index in [1.807, 2.05) is 0 Å². The molecule has 0 aliphatic carbocycles. The molecular formula is C11H9F2NO. The molecule has 0 aromatic heterocycles. The molecule has 0 radical (unpaired) electrons. The molecule has 1 amide bonds. The highest BCUT2D eigenvalue weighted by atomic mass is 19.1. The van der Waals surface area contributed by atoms with Crippen LogP contribution in [0.5, 0.6) is 0 Å². The summed E-state index contributed by atoms with van der Waals surface area (Å²) in [6.07, 6.45) is 0.914. The van der Waals surface area contributed by atoms with Crippen LogP contribution < -0.4 is 4.90 Å². The van der Waals surface area contributed by atoms with Gasteiger partial charge in [0.15, 0.2) is 0 Å². The Morgan fingerprint density at radius 1 is 1.33 bits per heavy atom. The fourth-order valence-corrected chi connectivity index (χ4v) is 1.45. The van der Waals surface area contributed by atoms with Gasteiger partial charge in [0.2, 0.25) is 0 Å². The van der Waals surface area contributed by atoms with E-state index in [9.17, 15) is 13.6 Å². The zero-order valence-electron chi connectivity index (χ0n) is 8.13. The van der Waals surface area contributed by atoms with Crippen molar-refractivity contribution in [2.45, 2.75) is 6.92 Å². The molecule has 4 heteroatoms. The van der Waals surface area contributed by atoms with Gasteiger partial charge < -0.3 is 4.90 Å². The normalized spacial score (nSPS) is 15.8. The first kappa shape index (κ1) is 9.83. The average Bonchev–Trinajstić information content (AvgIpc) is 2.50. The molecule has 78 valence electrons. The highest BCUT2D eigenvalue weighted by molar-refractivity contribution is 6.04. The minimum atomic E-state index is -0.499. The van der Waals surface area contributed by atoms with Gasteiger partial charge in [-0.25, -0.2) is 8.78 Å². The molecule has 1 aliphatic heterocycles. The lowest BCUT2D eigenvalue weighted by molar-refractivity contribution is -0.113. The average molecular weight is 209 g/mol. The number of carbonyl (C=O) groups is 1. The van der Waals surface area contributed by atoms with E-state index < -0.39 is 17.6 Å². The molecule has 0 spiro atoms. The van der Waals surface area contributed by atoms with E-state index in [1.54, 1.807) is 19.1 Å². The van der Waals surface area contributed by atoms with Gasteiger partial charge in [0.05, 0.1) is 6.54 Å². The Morgan fingerprint density at radius 2 is 2.07 bits per heavy atom. The van der Waals surface area contributed by atoms with Crippen LogP contribution in [0.4, 0.5) is 14.5 Å². The molecule has 1 aromatic rings. The number of aryl methyl sites for hydroxylation is 1. The fourth-order valence-electron chi connectivity index (χ4n) is 1.45. The van der Waals surface area contributed by atoms with E-state index in [4.69, 9.17) is 0 Å². The molecule has 0 saturated carbocycles. The maximum Gasteiger partial charge on any atom is 0.254 e. The molecule has 0 atom stereocenters. The van der Waals surface area contributed by atoms with Crippen LogP contribution in [0.15, 0.2) is 30.1 Å². The number of rotatable bonds is 1. The number of amides is 1. The quantitative estimate of drug-likeness (QED) is 0.695. The largest absolute Gasteiger partial charge is 0.302 e. The van der Waals surface area contributed by atoms with Crippen LogP contribution in [0.1, 0.15) is 5.56 Å². The Labute approximate surface area is 85.8 Å². The summed E-state index contributed by atoms with van der Waals surface area (Å²) < 4.78 is 26.0. The number of anilines is 1. The first-order chi connectivity index (χ1) is 7.08. The van der Waals surface area contributed by atoms with Crippen molar-refractivity contribution in [3.05, 3.63) is 41.5 Å². The van der Waals surface area contributed by atoms with Crippen molar-refractivity contribution in [2.24, 2.45) is 0 Å². The molecule has 15 heavy (non-hydrogen) atoms. The van der Waals surface area contributed by atoms with Crippen molar-refractivity contribution >= 4 is 11.6 Å². The van der Waals surface area contributed by atoms with Crippen LogP contribution in [0, 0.1) is 12.7 Å². The minimum absolute atomic E-state index is 0.110. The van der Waals surface area contributed by atoms with E-state index in [-0.39, 0.29) is 6.54 Å². The van der Waals surface area contributed by atoms with Crippen molar-refractivity contribution in [1.82, 2.24) is 0 Å². The van der Waals surface area contributed by atoms with Crippen LogP contribution >= 0.6 is 0 Å². The molecule has 1 aliphatic rings. The lowest BCUT2D eigenvalue weighted by Crippen LogP contribution is -2.25.